The molecule has 0 spiro atoms. The van der Waals surface area contributed by atoms with Gasteiger partial charge in [0.1, 0.15) is 5.15 Å². The molecule has 0 radical (unpaired) electrons. The maximum absolute atomic E-state index is 5.84. The van der Waals surface area contributed by atoms with E-state index >= 15 is 0 Å². The molecule has 0 amide bonds. The maximum Gasteiger partial charge on any atom is 0.129 e. The van der Waals surface area contributed by atoms with Gasteiger partial charge < -0.3 is 9.80 Å². The second-order valence-corrected chi connectivity index (χ2v) is 7.34. The van der Waals surface area contributed by atoms with E-state index in [0.717, 1.165) is 45.3 Å². The Hall–Kier alpha value is -1.49. The molecule has 0 unspecified atom stereocenters. The van der Waals surface area contributed by atoms with E-state index in [0.29, 0.717) is 5.15 Å². The van der Waals surface area contributed by atoms with Gasteiger partial charge >= 0.3 is 0 Å². The molecule has 0 saturated heterocycles. The van der Waals surface area contributed by atoms with Gasteiger partial charge in [-0.05, 0) is 50.2 Å². The van der Waals surface area contributed by atoms with Crippen molar-refractivity contribution in [3.8, 4) is 0 Å². The van der Waals surface area contributed by atoms with Crippen LogP contribution in [-0.2, 0) is 25.7 Å². The normalized spacial score (nSPS) is 18.2. The van der Waals surface area contributed by atoms with Gasteiger partial charge in [-0.25, -0.2) is 4.98 Å². The molecule has 134 valence electrons. The molecule has 5 heteroatoms. The highest BCUT2D eigenvalue weighted by Gasteiger charge is 2.12. The summed E-state index contributed by atoms with van der Waals surface area (Å²) in [6, 6.07) is 8.21. The summed E-state index contributed by atoms with van der Waals surface area (Å²) in [6.07, 6.45) is 6.26. The Labute approximate surface area is 155 Å². The fourth-order valence-corrected chi connectivity index (χ4v) is 3.48. The lowest BCUT2D eigenvalue weighted by Gasteiger charge is -2.10. The minimum atomic E-state index is 0.614. The molecule has 25 heavy (non-hydrogen) atoms. The third kappa shape index (κ3) is 5.24. The van der Waals surface area contributed by atoms with E-state index in [1.165, 1.54) is 29.1 Å². The largest absolute Gasteiger partial charge is 0.306 e. The molecule has 4 heterocycles. The van der Waals surface area contributed by atoms with E-state index in [-0.39, 0.29) is 0 Å². The van der Waals surface area contributed by atoms with Crippen LogP contribution in [0.25, 0.3) is 0 Å². The molecular formula is C20H27ClN4. The second-order valence-electron chi connectivity index (χ2n) is 6.96. The molecule has 0 aromatic carbocycles. The Kier molecular flexibility index (Phi) is 6.40. The summed E-state index contributed by atoms with van der Waals surface area (Å²) >= 11 is 5.84. The summed E-state index contributed by atoms with van der Waals surface area (Å²) in [5.74, 6) is 0. The number of rotatable bonds is 0. The number of fused-ring (bicyclic) bond motifs is 2. The first-order chi connectivity index (χ1) is 12.1. The van der Waals surface area contributed by atoms with E-state index in [2.05, 4.69) is 46.0 Å². The van der Waals surface area contributed by atoms with Crippen molar-refractivity contribution in [2.24, 2.45) is 0 Å². The average Bonchev–Trinajstić information content (AvgIpc) is 2.92. The molecule has 0 saturated carbocycles. The van der Waals surface area contributed by atoms with Gasteiger partial charge in [-0.15, -0.1) is 0 Å². The SMILES string of the molecule is CN1CCc2ccc(Cl)nc2CC1.CN1CCc2cccnc2CC1. The van der Waals surface area contributed by atoms with Crippen LogP contribution in [0.2, 0.25) is 5.15 Å². The average molecular weight is 359 g/mol. The fraction of sp³-hybridized carbons (Fsp3) is 0.500. The lowest BCUT2D eigenvalue weighted by atomic mass is 10.1. The molecular weight excluding hydrogens is 332 g/mol. The number of nitrogens with zero attached hydrogens (tertiary/aromatic N) is 4. The first kappa shape index (κ1) is 18.3. The van der Waals surface area contributed by atoms with Crippen molar-refractivity contribution in [2.45, 2.75) is 25.7 Å². The molecule has 0 aliphatic carbocycles. The predicted molar refractivity (Wildman–Crippen MR) is 103 cm³/mol. The second kappa shape index (κ2) is 8.75. The number of pyridine rings is 2. The smallest absolute Gasteiger partial charge is 0.129 e. The lowest BCUT2D eigenvalue weighted by Crippen LogP contribution is -2.20. The summed E-state index contributed by atoms with van der Waals surface area (Å²) in [5.41, 5.74) is 5.26. The van der Waals surface area contributed by atoms with Crippen LogP contribution < -0.4 is 0 Å². The molecule has 0 N–H and O–H groups in total. The number of hydrogen-bond acceptors (Lipinski definition) is 4. The number of aromatic nitrogens is 2. The molecule has 2 aliphatic rings. The molecule has 0 fully saturated rings. The summed E-state index contributed by atoms with van der Waals surface area (Å²) in [7, 11) is 4.32. The zero-order valence-electron chi connectivity index (χ0n) is 15.2. The number of likely N-dealkylation sites (N-methyl/N-ethyl adjacent to an activating group) is 2. The van der Waals surface area contributed by atoms with E-state index < -0.39 is 0 Å². The third-order valence-corrected chi connectivity index (χ3v) is 5.22. The first-order valence-electron chi connectivity index (χ1n) is 9.06. The number of halogens is 1. The lowest BCUT2D eigenvalue weighted by molar-refractivity contribution is 0.352. The van der Waals surface area contributed by atoms with Crippen LogP contribution in [0, 0.1) is 0 Å². The summed E-state index contributed by atoms with van der Waals surface area (Å²) in [6.45, 7) is 4.51. The van der Waals surface area contributed by atoms with Crippen LogP contribution in [0.3, 0.4) is 0 Å². The molecule has 0 bridgehead atoms. The van der Waals surface area contributed by atoms with E-state index in [1.54, 1.807) is 0 Å². The summed E-state index contributed by atoms with van der Waals surface area (Å²) < 4.78 is 0. The Morgan fingerprint density at radius 1 is 0.800 bits per heavy atom. The van der Waals surface area contributed by atoms with Crippen molar-refractivity contribution >= 4 is 11.6 Å². The Bertz CT molecular complexity index is 677. The topological polar surface area (TPSA) is 32.3 Å². The van der Waals surface area contributed by atoms with E-state index in [1.807, 2.05) is 18.3 Å². The van der Waals surface area contributed by atoms with Gasteiger partial charge in [0.25, 0.3) is 0 Å². The zero-order chi connectivity index (χ0) is 17.6. The third-order valence-electron chi connectivity index (χ3n) is 5.01. The molecule has 4 nitrogen and oxygen atoms in total. The van der Waals surface area contributed by atoms with Gasteiger partial charge in [-0.2, -0.15) is 0 Å². The van der Waals surface area contributed by atoms with Crippen LogP contribution in [0.5, 0.6) is 0 Å². The van der Waals surface area contributed by atoms with Crippen molar-refractivity contribution < 1.29 is 0 Å². The molecule has 0 atom stereocenters. The highest BCUT2D eigenvalue weighted by atomic mass is 35.5. The Morgan fingerprint density at radius 2 is 1.40 bits per heavy atom. The quantitative estimate of drug-likeness (QED) is 0.678. The van der Waals surface area contributed by atoms with Crippen molar-refractivity contribution in [1.29, 1.82) is 0 Å². The molecule has 2 aromatic rings. The zero-order valence-corrected chi connectivity index (χ0v) is 16.0. The van der Waals surface area contributed by atoms with Crippen molar-refractivity contribution in [3.63, 3.8) is 0 Å². The molecule has 2 aliphatic heterocycles. The first-order valence-corrected chi connectivity index (χ1v) is 9.44. The van der Waals surface area contributed by atoms with Crippen LogP contribution in [0.1, 0.15) is 22.5 Å². The van der Waals surface area contributed by atoms with Crippen LogP contribution in [-0.4, -0.2) is 60.0 Å². The monoisotopic (exact) mass is 358 g/mol. The minimum absolute atomic E-state index is 0.614. The van der Waals surface area contributed by atoms with Crippen molar-refractivity contribution in [1.82, 2.24) is 19.8 Å². The fourth-order valence-electron chi connectivity index (χ4n) is 3.31. The van der Waals surface area contributed by atoms with E-state index in [9.17, 15) is 0 Å². The molecule has 2 aromatic heterocycles. The standard InChI is InChI=1S/C10H13ClN2.C10H14N2/c1-13-6-4-8-2-3-10(11)12-9(8)5-7-13;1-12-7-4-9-3-2-6-11-10(9)5-8-12/h2-3H,4-7H2,1H3;2-3,6H,4-5,7-8H2,1H3. The Morgan fingerprint density at radius 3 is 2.12 bits per heavy atom. The van der Waals surface area contributed by atoms with Gasteiger partial charge in [-0.3, -0.25) is 4.98 Å². The highest BCUT2D eigenvalue weighted by Crippen LogP contribution is 2.16. The highest BCUT2D eigenvalue weighted by molar-refractivity contribution is 6.29. The number of hydrogen-bond donors (Lipinski definition) is 0. The van der Waals surface area contributed by atoms with Crippen LogP contribution in [0.4, 0.5) is 0 Å². The van der Waals surface area contributed by atoms with E-state index in [4.69, 9.17) is 11.6 Å². The Balaban J connectivity index is 0.000000146. The van der Waals surface area contributed by atoms with Crippen molar-refractivity contribution in [2.75, 3.05) is 40.3 Å². The van der Waals surface area contributed by atoms with Gasteiger partial charge in [-0.1, -0.05) is 23.7 Å². The summed E-state index contributed by atoms with van der Waals surface area (Å²) in [5, 5.41) is 0.614. The van der Waals surface area contributed by atoms with Crippen LogP contribution in [0.15, 0.2) is 30.5 Å². The van der Waals surface area contributed by atoms with Crippen LogP contribution >= 0.6 is 11.6 Å². The summed E-state index contributed by atoms with van der Waals surface area (Å²) in [4.78, 5) is 13.4. The maximum atomic E-state index is 5.84. The molecule has 4 rings (SSSR count). The van der Waals surface area contributed by atoms with Gasteiger partial charge in [0, 0.05) is 56.6 Å². The van der Waals surface area contributed by atoms with Gasteiger partial charge in [0.2, 0.25) is 0 Å². The predicted octanol–water partition coefficient (Wildman–Crippen LogP) is 2.88. The van der Waals surface area contributed by atoms with Crippen molar-refractivity contribution in [3.05, 3.63) is 58.1 Å². The van der Waals surface area contributed by atoms with Gasteiger partial charge in [0.15, 0.2) is 0 Å². The van der Waals surface area contributed by atoms with Gasteiger partial charge in [0.05, 0.1) is 0 Å². The minimum Gasteiger partial charge on any atom is -0.306 e.